The number of aryl methyl sites for hydroxylation is 1. The van der Waals surface area contributed by atoms with E-state index in [0.717, 1.165) is 18.8 Å². The highest BCUT2D eigenvalue weighted by Crippen LogP contribution is 2.24. The van der Waals surface area contributed by atoms with Gasteiger partial charge in [-0.3, -0.25) is 4.90 Å². The number of β-amino-alcohol motifs (C(OH)–C–C–N with tert-alkyl or cyclic N) is 1. The molecule has 1 aliphatic heterocycles. The number of rotatable bonds is 5. The third-order valence-corrected chi connectivity index (χ3v) is 4.03. The van der Waals surface area contributed by atoms with Crippen LogP contribution < -0.4 is 4.74 Å². The smallest absolute Gasteiger partial charge is 0.123 e. The van der Waals surface area contributed by atoms with E-state index in [1.165, 1.54) is 12.1 Å². The van der Waals surface area contributed by atoms with Crippen LogP contribution in [-0.4, -0.2) is 44.9 Å². The molecule has 0 spiro atoms. The first-order chi connectivity index (χ1) is 10.5. The van der Waals surface area contributed by atoms with Gasteiger partial charge in [0, 0.05) is 32.9 Å². The molecule has 3 rings (SSSR count). The number of aromatic nitrogens is 2. The van der Waals surface area contributed by atoms with Gasteiger partial charge in [0.1, 0.15) is 23.8 Å². The first kappa shape index (κ1) is 15.0. The van der Waals surface area contributed by atoms with E-state index in [2.05, 4.69) is 9.88 Å². The van der Waals surface area contributed by atoms with Gasteiger partial charge in [-0.15, -0.1) is 0 Å². The van der Waals surface area contributed by atoms with Gasteiger partial charge in [-0.1, -0.05) is 0 Å². The van der Waals surface area contributed by atoms with Crippen LogP contribution in [0.25, 0.3) is 0 Å². The fourth-order valence-corrected chi connectivity index (χ4v) is 2.71. The van der Waals surface area contributed by atoms with Crippen molar-refractivity contribution in [2.24, 2.45) is 7.05 Å². The van der Waals surface area contributed by atoms with E-state index in [4.69, 9.17) is 4.74 Å². The SMILES string of the molecule is Cn1cncc1CN1CCC(O)(COc2ccc(F)cc2)C1. The van der Waals surface area contributed by atoms with Crippen LogP contribution >= 0.6 is 0 Å². The monoisotopic (exact) mass is 305 g/mol. The van der Waals surface area contributed by atoms with Gasteiger partial charge in [0.2, 0.25) is 0 Å². The number of hydrogen-bond acceptors (Lipinski definition) is 4. The van der Waals surface area contributed by atoms with Crippen LogP contribution in [0.3, 0.4) is 0 Å². The molecule has 0 amide bonds. The van der Waals surface area contributed by atoms with Crippen molar-refractivity contribution in [3.8, 4) is 5.75 Å². The Labute approximate surface area is 129 Å². The Bertz CT molecular complexity index is 629. The molecule has 0 bridgehead atoms. The first-order valence-electron chi connectivity index (χ1n) is 7.32. The maximum absolute atomic E-state index is 12.8. The quantitative estimate of drug-likeness (QED) is 0.911. The fraction of sp³-hybridized carbons (Fsp3) is 0.438. The van der Waals surface area contributed by atoms with E-state index >= 15 is 0 Å². The number of hydrogen-bond donors (Lipinski definition) is 1. The van der Waals surface area contributed by atoms with Gasteiger partial charge >= 0.3 is 0 Å². The number of halogens is 1. The number of ether oxygens (including phenoxy) is 1. The molecule has 118 valence electrons. The van der Waals surface area contributed by atoms with Crippen molar-refractivity contribution in [2.75, 3.05) is 19.7 Å². The Morgan fingerprint density at radius 3 is 2.82 bits per heavy atom. The molecule has 1 fully saturated rings. The van der Waals surface area contributed by atoms with E-state index in [1.807, 2.05) is 17.8 Å². The van der Waals surface area contributed by atoms with Crippen molar-refractivity contribution >= 4 is 0 Å². The zero-order chi connectivity index (χ0) is 15.6. The van der Waals surface area contributed by atoms with Gasteiger partial charge in [0.15, 0.2) is 0 Å². The zero-order valence-electron chi connectivity index (χ0n) is 12.6. The van der Waals surface area contributed by atoms with E-state index in [1.54, 1.807) is 18.5 Å². The molecule has 2 heterocycles. The molecule has 1 aromatic carbocycles. The predicted octanol–water partition coefficient (Wildman–Crippen LogP) is 1.57. The summed E-state index contributed by atoms with van der Waals surface area (Å²) < 4.78 is 20.4. The zero-order valence-corrected chi connectivity index (χ0v) is 12.6. The number of nitrogens with zero attached hydrogens (tertiary/aromatic N) is 3. The lowest BCUT2D eigenvalue weighted by Crippen LogP contribution is -2.39. The summed E-state index contributed by atoms with van der Waals surface area (Å²) in [5.41, 5.74) is 0.246. The summed E-state index contributed by atoms with van der Waals surface area (Å²) in [5, 5.41) is 10.6. The summed E-state index contributed by atoms with van der Waals surface area (Å²) in [6.45, 7) is 2.34. The molecule has 0 radical (unpaired) electrons. The first-order valence-corrected chi connectivity index (χ1v) is 7.32. The van der Waals surface area contributed by atoms with Crippen molar-refractivity contribution in [2.45, 2.75) is 18.6 Å². The van der Waals surface area contributed by atoms with Crippen molar-refractivity contribution in [3.63, 3.8) is 0 Å². The minimum atomic E-state index is -0.868. The molecule has 22 heavy (non-hydrogen) atoms. The molecule has 1 saturated heterocycles. The molecular weight excluding hydrogens is 285 g/mol. The van der Waals surface area contributed by atoms with Gasteiger partial charge in [-0.05, 0) is 30.7 Å². The van der Waals surface area contributed by atoms with Gasteiger partial charge in [-0.2, -0.15) is 0 Å². The van der Waals surface area contributed by atoms with E-state index in [0.29, 0.717) is 18.7 Å². The molecule has 0 aliphatic carbocycles. The highest BCUT2D eigenvalue weighted by atomic mass is 19.1. The molecule has 5 nitrogen and oxygen atoms in total. The second-order valence-electron chi connectivity index (χ2n) is 5.92. The van der Waals surface area contributed by atoms with E-state index < -0.39 is 5.60 Å². The Morgan fingerprint density at radius 1 is 1.36 bits per heavy atom. The molecule has 1 atom stereocenters. The summed E-state index contributed by atoms with van der Waals surface area (Å²) in [7, 11) is 1.96. The number of aliphatic hydroxyl groups is 1. The van der Waals surface area contributed by atoms with E-state index in [9.17, 15) is 9.50 Å². The lowest BCUT2D eigenvalue weighted by molar-refractivity contribution is 0.00323. The molecule has 1 aliphatic rings. The lowest BCUT2D eigenvalue weighted by Gasteiger charge is -2.23. The topological polar surface area (TPSA) is 50.5 Å². The lowest BCUT2D eigenvalue weighted by atomic mass is 10.1. The van der Waals surface area contributed by atoms with Crippen LogP contribution in [0.15, 0.2) is 36.8 Å². The van der Waals surface area contributed by atoms with Crippen LogP contribution in [0.1, 0.15) is 12.1 Å². The van der Waals surface area contributed by atoms with Crippen molar-refractivity contribution < 1.29 is 14.2 Å². The van der Waals surface area contributed by atoms with Crippen LogP contribution in [0, 0.1) is 5.82 Å². The standard InChI is InChI=1S/C16H20FN3O2/c1-19-12-18-8-14(19)9-20-7-6-16(21,10-20)11-22-15-4-2-13(17)3-5-15/h2-5,8,12,21H,6-7,9-11H2,1H3. The molecule has 1 N–H and O–H groups in total. The molecule has 0 saturated carbocycles. The predicted molar refractivity (Wildman–Crippen MR) is 79.9 cm³/mol. The number of imidazole rings is 1. The van der Waals surface area contributed by atoms with Crippen molar-refractivity contribution in [1.29, 1.82) is 0 Å². The van der Waals surface area contributed by atoms with Crippen LogP contribution in [-0.2, 0) is 13.6 Å². The second-order valence-corrected chi connectivity index (χ2v) is 5.92. The highest BCUT2D eigenvalue weighted by molar-refractivity contribution is 5.22. The average Bonchev–Trinajstić information content (AvgIpc) is 3.06. The Hall–Kier alpha value is -1.92. The Morgan fingerprint density at radius 2 is 2.14 bits per heavy atom. The van der Waals surface area contributed by atoms with Gasteiger partial charge < -0.3 is 14.4 Å². The molecular formula is C16H20FN3O2. The van der Waals surface area contributed by atoms with Gasteiger partial charge in [0.25, 0.3) is 0 Å². The van der Waals surface area contributed by atoms with Crippen LogP contribution in [0.4, 0.5) is 4.39 Å². The number of benzene rings is 1. The second kappa shape index (κ2) is 6.06. The summed E-state index contributed by atoms with van der Waals surface area (Å²) in [5.74, 6) is 0.272. The van der Waals surface area contributed by atoms with Gasteiger partial charge in [0.05, 0.1) is 12.0 Å². The third kappa shape index (κ3) is 3.45. The molecule has 6 heteroatoms. The van der Waals surface area contributed by atoms with Crippen molar-refractivity contribution in [1.82, 2.24) is 14.5 Å². The highest BCUT2D eigenvalue weighted by Gasteiger charge is 2.37. The maximum atomic E-state index is 12.8. The maximum Gasteiger partial charge on any atom is 0.123 e. The summed E-state index contributed by atoms with van der Waals surface area (Å²) in [6, 6.07) is 5.84. The van der Waals surface area contributed by atoms with Crippen molar-refractivity contribution in [3.05, 3.63) is 48.3 Å². The number of likely N-dealkylation sites (tertiary alicyclic amines) is 1. The molecule has 1 unspecified atom stereocenters. The third-order valence-electron chi connectivity index (χ3n) is 4.03. The Kier molecular flexibility index (Phi) is 4.13. The molecule has 2 aromatic rings. The van der Waals surface area contributed by atoms with E-state index in [-0.39, 0.29) is 12.4 Å². The fourth-order valence-electron chi connectivity index (χ4n) is 2.71. The largest absolute Gasteiger partial charge is 0.491 e. The van der Waals surface area contributed by atoms with Crippen LogP contribution in [0.2, 0.25) is 0 Å². The summed E-state index contributed by atoms with van der Waals surface area (Å²) in [6.07, 6.45) is 4.27. The minimum Gasteiger partial charge on any atom is -0.491 e. The van der Waals surface area contributed by atoms with Gasteiger partial charge in [-0.25, -0.2) is 9.37 Å². The van der Waals surface area contributed by atoms with Crippen LogP contribution in [0.5, 0.6) is 5.75 Å². The summed E-state index contributed by atoms with van der Waals surface area (Å²) >= 11 is 0. The summed E-state index contributed by atoms with van der Waals surface area (Å²) in [4.78, 5) is 6.29. The molecule has 1 aromatic heterocycles. The average molecular weight is 305 g/mol. The normalized spacial score (nSPS) is 22.1. The Balaban J connectivity index is 1.54. The minimum absolute atomic E-state index is 0.209.